The molecule has 12 aromatic rings. The second-order valence-corrected chi connectivity index (χ2v) is 22.8. The molecular formula is C76H60Cl2N6O2. The van der Waals surface area contributed by atoms with Crippen LogP contribution in [0, 0.1) is 0 Å². The molecule has 0 radical (unpaired) electrons. The van der Waals surface area contributed by atoms with Crippen LogP contribution in [0.25, 0.3) is 0 Å². The van der Waals surface area contributed by atoms with Crippen molar-refractivity contribution >= 4 is 58.5 Å². The first kappa shape index (κ1) is 55.3. The van der Waals surface area contributed by atoms with Crippen molar-refractivity contribution in [2.75, 3.05) is 9.80 Å². The number of halogens is 2. The van der Waals surface area contributed by atoms with Crippen LogP contribution in [-0.4, -0.2) is 31.4 Å². The number of rotatable bonds is 14. The molecular weight excluding hydrogens is 1100 g/mol. The van der Waals surface area contributed by atoms with Crippen molar-refractivity contribution in [3.8, 4) is 0 Å². The van der Waals surface area contributed by atoms with Crippen LogP contribution in [0.15, 0.2) is 310 Å². The zero-order valence-corrected chi connectivity index (χ0v) is 48.6. The van der Waals surface area contributed by atoms with Crippen LogP contribution < -0.4 is 9.80 Å². The number of para-hydroxylation sites is 2. The zero-order valence-electron chi connectivity index (χ0n) is 47.1. The van der Waals surface area contributed by atoms with E-state index in [9.17, 15) is 9.59 Å². The summed E-state index contributed by atoms with van der Waals surface area (Å²) in [4.78, 5) is 39.7. The molecule has 0 N–H and O–H groups in total. The molecule has 3 aliphatic rings. The number of amides is 2. The molecule has 8 nitrogen and oxygen atoms in total. The summed E-state index contributed by atoms with van der Waals surface area (Å²) in [6, 6.07) is 96.8. The fourth-order valence-electron chi connectivity index (χ4n) is 12.8. The molecule has 0 saturated heterocycles. The fraction of sp³-hybridized carbons (Fsp3) is 0.105. The highest BCUT2D eigenvalue weighted by atomic mass is 35.5. The number of hydrogen-bond acceptors (Lipinski definition) is 4. The second kappa shape index (κ2) is 24.0. The Labute approximate surface area is 511 Å². The SMILES string of the molecule is Clc1ccccc1.O=C1N(c2cn(C(c3ccccc3)(c3ccccc3)c3ccccc3)cn2)c2ccccc2C12CC2.O=CN(c1cn(C(c2ccccc2)(c2ccccc2)c2ccccc2)cn1)c1ccccc1C1CC1c1ccc(Cl)cc1. The van der Waals surface area contributed by atoms with Gasteiger partial charge in [0.25, 0.3) is 0 Å². The quantitative estimate of drug-likeness (QED) is 0.0803. The Bertz CT molecular complexity index is 4050. The van der Waals surface area contributed by atoms with Crippen molar-refractivity contribution in [3.05, 3.63) is 370 Å². The lowest BCUT2D eigenvalue weighted by atomic mass is 9.77. The molecule has 0 bridgehead atoms. The van der Waals surface area contributed by atoms with E-state index in [0.717, 1.165) is 91.6 Å². The summed E-state index contributed by atoms with van der Waals surface area (Å²) >= 11 is 11.7. The number of carbonyl (C=O) groups is 2. The summed E-state index contributed by atoms with van der Waals surface area (Å²) in [6.45, 7) is 0. The van der Waals surface area contributed by atoms with Gasteiger partial charge in [0.05, 0.1) is 41.8 Å². The van der Waals surface area contributed by atoms with Gasteiger partial charge in [-0.1, -0.05) is 272 Å². The highest BCUT2D eigenvalue weighted by molar-refractivity contribution is 6.30. The van der Waals surface area contributed by atoms with Crippen LogP contribution in [0.1, 0.15) is 81.2 Å². The molecule has 2 atom stereocenters. The average molecular weight is 1160 g/mol. The third kappa shape index (κ3) is 10.2. The minimum Gasteiger partial charge on any atom is -0.317 e. The van der Waals surface area contributed by atoms with Crippen molar-refractivity contribution < 1.29 is 9.59 Å². The maximum absolute atomic E-state index is 13.7. The Morgan fingerprint density at radius 1 is 0.453 bits per heavy atom. The predicted octanol–water partition coefficient (Wildman–Crippen LogP) is 17.7. The van der Waals surface area contributed by atoms with E-state index in [1.54, 1.807) is 4.90 Å². The van der Waals surface area contributed by atoms with Crippen LogP contribution in [0.5, 0.6) is 0 Å². The topological polar surface area (TPSA) is 76.3 Å². The van der Waals surface area contributed by atoms with Gasteiger partial charge in [0.2, 0.25) is 12.3 Å². The normalized spacial score (nSPS) is 15.3. The van der Waals surface area contributed by atoms with Crippen molar-refractivity contribution in [3.63, 3.8) is 0 Å². The number of fused-ring (bicyclic) bond motifs is 2. The molecule has 420 valence electrons. The number of aromatic nitrogens is 4. The third-order valence-electron chi connectivity index (χ3n) is 17.1. The van der Waals surface area contributed by atoms with E-state index in [0.29, 0.717) is 23.5 Å². The molecule has 1 aliphatic heterocycles. The second-order valence-electron chi connectivity index (χ2n) is 22.0. The minimum absolute atomic E-state index is 0.138. The van der Waals surface area contributed by atoms with Crippen LogP contribution in [0.3, 0.4) is 0 Å². The van der Waals surface area contributed by atoms with Crippen LogP contribution >= 0.6 is 23.2 Å². The monoisotopic (exact) mass is 1160 g/mol. The van der Waals surface area contributed by atoms with Gasteiger partial charge in [0.1, 0.15) is 11.1 Å². The average Bonchev–Trinajstić information content (AvgIpc) is 1.55. The lowest BCUT2D eigenvalue weighted by molar-refractivity contribution is -0.119. The number of benzene rings is 10. The summed E-state index contributed by atoms with van der Waals surface area (Å²) in [6.07, 6.45) is 11.4. The smallest absolute Gasteiger partial charge is 0.243 e. The molecule has 86 heavy (non-hydrogen) atoms. The van der Waals surface area contributed by atoms with Gasteiger partial charge in [0, 0.05) is 10.0 Å². The molecule has 2 saturated carbocycles. The summed E-state index contributed by atoms with van der Waals surface area (Å²) in [5.41, 5.74) is 10.3. The van der Waals surface area contributed by atoms with E-state index in [-0.39, 0.29) is 11.3 Å². The lowest BCUT2D eigenvalue weighted by Gasteiger charge is -2.37. The first-order valence-corrected chi connectivity index (χ1v) is 29.8. The number of nitrogens with zero attached hydrogens (tertiary/aromatic N) is 6. The maximum atomic E-state index is 13.7. The Kier molecular flexibility index (Phi) is 15.5. The van der Waals surface area contributed by atoms with E-state index < -0.39 is 11.1 Å². The number of imidazole rings is 2. The molecule has 3 heterocycles. The number of carbonyl (C=O) groups excluding carboxylic acids is 2. The van der Waals surface area contributed by atoms with Crippen molar-refractivity contribution in [2.24, 2.45) is 0 Å². The molecule has 15 rings (SSSR count). The first-order valence-electron chi connectivity index (χ1n) is 29.0. The minimum atomic E-state index is -0.709. The lowest BCUT2D eigenvalue weighted by Crippen LogP contribution is -2.37. The van der Waals surface area contributed by atoms with E-state index in [1.807, 2.05) is 145 Å². The van der Waals surface area contributed by atoms with Gasteiger partial charge in [-0.15, -0.1) is 0 Å². The summed E-state index contributed by atoms with van der Waals surface area (Å²) < 4.78 is 4.30. The summed E-state index contributed by atoms with van der Waals surface area (Å²) in [7, 11) is 0. The van der Waals surface area contributed by atoms with E-state index >= 15 is 0 Å². The van der Waals surface area contributed by atoms with Gasteiger partial charge in [-0.25, -0.2) is 9.97 Å². The van der Waals surface area contributed by atoms with Crippen molar-refractivity contribution in [1.29, 1.82) is 0 Å². The Morgan fingerprint density at radius 3 is 1.31 bits per heavy atom. The highest BCUT2D eigenvalue weighted by Gasteiger charge is 2.60. The molecule has 10 aromatic carbocycles. The standard InChI is InChI=1S/C38H30ClN3O.C32H25N3O.C6H5Cl/c39-32-22-20-28(21-23-32)34-24-35(34)33-18-10-11-19-36(33)42(27-43)37-25-41(26-40-37)38(29-12-4-1-5-13-29,30-14-6-2-7-15-30)31-16-8-3-9-17-31;36-30-31(20-21-31)27-18-10-11-19-28(27)35(30)29-22-34(23-33-29)32(24-12-4-1-5-13-24,25-14-6-2-7-15-25)26-16-8-3-9-17-26;7-6-4-2-1-3-5-6/h1-23,25-27,34-35H,24H2;1-19,22-23H,20-21H2;1-5H. The van der Waals surface area contributed by atoms with Crippen LogP contribution in [-0.2, 0) is 26.1 Å². The molecule has 10 heteroatoms. The van der Waals surface area contributed by atoms with Gasteiger partial charge < -0.3 is 9.13 Å². The Morgan fingerprint density at radius 2 is 0.860 bits per heavy atom. The van der Waals surface area contributed by atoms with Gasteiger partial charge >= 0.3 is 0 Å². The van der Waals surface area contributed by atoms with E-state index in [1.165, 1.54) is 5.56 Å². The van der Waals surface area contributed by atoms with Crippen molar-refractivity contribution in [1.82, 2.24) is 19.1 Å². The molecule has 2 amide bonds. The molecule has 2 unspecified atom stereocenters. The maximum Gasteiger partial charge on any atom is 0.243 e. The summed E-state index contributed by atoms with van der Waals surface area (Å²) in [5.74, 6) is 2.07. The number of hydrogen-bond donors (Lipinski definition) is 0. The van der Waals surface area contributed by atoms with Crippen LogP contribution in [0.2, 0.25) is 10.0 Å². The fourth-order valence-corrected chi connectivity index (χ4v) is 13.1. The van der Waals surface area contributed by atoms with Crippen LogP contribution in [0.4, 0.5) is 23.0 Å². The predicted molar refractivity (Wildman–Crippen MR) is 346 cm³/mol. The molecule has 2 aliphatic carbocycles. The molecule has 2 fully saturated rings. The van der Waals surface area contributed by atoms with Gasteiger partial charge in [0.15, 0.2) is 11.6 Å². The molecule has 2 aromatic heterocycles. The van der Waals surface area contributed by atoms with Gasteiger partial charge in [-0.2, -0.15) is 0 Å². The number of anilines is 4. The third-order valence-corrected chi connectivity index (χ3v) is 17.6. The Hall–Kier alpha value is -9.86. The van der Waals surface area contributed by atoms with Gasteiger partial charge in [-0.05, 0) is 118 Å². The molecule has 1 spiro atoms. The van der Waals surface area contributed by atoms with E-state index in [2.05, 4.69) is 179 Å². The Balaban J connectivity index is 0.000000145. The zero-order chi connectivity index (χ0) is 58.5. The first-order chi connectivity index (χ1) is 42.3. The van der Waals surface area contributed by atoms with Crippen molar-refractivity contribution in [2.45, 2.75) is 47.6 Å². The van der Waals surface area contributed by atoms with E-state index in [4.69, 9.17) is 33.2 Å². The van der Waals surface area contributed by atoms with Gasteiger partial charge in [-0.3, -0.25) is 19.4 Å². The largest absolute Gasteiger partial charge is 0.317 e. The summed E-state index contributed by atoms with van der Waals surface area (Å²) in [5, 5.41) is 1.53. The highest BCUT2D eigenvalue weighted by Crippen LogP contribution is 2.59.